The number of imide groups is 6. The van der Waals surface area contributed by atoms with Gasteiger partial charge in [0.2, 0.25) is 0 Å². The summed E-state index contributed by atoms with van der Waals surface area (Å²) in [5.74, 6) is -9.57. The van der Waals surface area contributed by atoms with E-state index in [-0.39, 0.29) is 111 Å². The molecule has 18 rings (SSSR count). The summed E-state index contributed by atoms with van der Waals surface area (Å²) in [6, 6.07) is 51.2. The fourth-order valence-corrected chi connectivity index (χ4v) is 17.8. The van der Waals surface area contributed by atoms with E-state index in [1.165, 1.54) is 48.2 Å². The fraction of sp³-hybridized carbons (Fsp3) is 0.290. The number of carbonyl (C=O) groups is 16. The summed E-state index contributed by atoms with van der Waals surface area (Å²) in [5, 5.41) is 75.3. The predicted molar refractivity (Wildman–Crippen MR) is 519 cm³/mol. The Kier molecular flexibility index (Phi) is 33.2. The fourth-order valence-electron chi connectivity index (χ4n) is 16.9. The molecule has 0 saturated heterocycles. The third-order valence-electron chi connectivity index (χ3n) is 24.0. The molecule has 6 aliphatic rings. The Labute approximate surface area is 822 Å². The molecule has 143 heavy (non-hydrogen) atoms. The number of benzene rings is 12. The van der Waals surface area contributed by atoms with Crippen molar-refractivity contribution in [1.82, 2.24) is 30.4 Å². The van der Waals surface area contributed by atoms with Gasteiger partial charge in [-0.3, -0.25) is 93.6 Å². The third kappa shape index (κ3) is 22.6. The number of hydrogen-bond donors (Lipinski definition) is 7. The Bertz CT molecular complexity index is 7070. The number of carbonyl (C=O) groups excluding carboxylic acids is 15. The summed E-state index contributed by atoms with van der Waals surface area (Å²) in [6.45, 7) is 20.1. The van der Waals surface area contributed by atoms with Crippen molar-refractivity contribution in [3.63, 3.8) is 0 Å². The highest BCUT2D eigenvalue weighted by Crippen LogP contribution is 2.42. The van der Waals surface area contributed by atoms with Crippen LogP contribution < -0.4 is 14.2 Å². The zero-order chi connectivity index (χ0) is 103. The summed E-state index contributed by atoms with van der Waals surface area (Å²) in [6.07, 6.45) is 8.64. The van der Waals surface area contributed by atoms with Gasteiger partial charge in [0, 0.05) is 37.2 Å². The molecule has 0 saturated carbocycles. The molecule has 6 aliphatic heterocycles. The van der Waals surface area contributed by atoms with Gasteiger partial charge in [0.1, 0.15) is 22.8 Å². The van der Waals surface area contributed by atoms with E-state index >= 15 is 0 Å². The molecule has 3 unspecified atom stereocenters. The molecule has 35 nitrogen and oxygen atoms in total. The summed E-state index contributed by atoms with van der Waals surface area (Å²) in [4.78, 5) is 193. The van der Waals surface area contributed by atoms with Gasteiger partial charge in [-0.05, 0) is 212 Å². The Morgan fingerprint density at radius 1 is 0.357 bits per heavy atom. The number of aryl methyl sites for hydroxylation is 1. The van der Waals surface area contributed by atoms with Gasteiger partial charge in [-0.15, -0.1) is 42.1 Å². The molecule has 12 aromatic rings. The summed E-state index contributed by atoms with van der Waals surface area (Å²) in [7, 11) is 0. The lowest BCUT2D eigenvalue weighted by Gasteiger charge is -2.26. The monoisotopic (exact) mass is 1970 g/mol. The van der Waals surface area contributed by atoms with Crippen LogP contribution in [0.15, 0.2) is 193 Å². The van der Waals surface area contributed by atoms with Gasteiger partial charge in [0.15, 0.2) is 12.2 Å². The molecule has 0 radical (unpaired) electrons. The number of esters is 2. The second-order valence-corrected chi connectivity index (χ2v) is 36.6. The number of hydroxylamine groups is 12. The third-order valence-corrected chi connectivity index (χ3v) is 25.1. The van der Waals surface area contributed by atoms with E-state index in [4.69, 9.17) is 28.4 Å². The minimum atomic E-state index is -1.08. The summed E-state index contributed by atoms with van der Waals surface area (Å²) < 4.78 is 32.4. The van der Waals surface area contributed by atoms with Gasteiger partial charge in [0.25, 0.3) is 70.9 Å². The smallest absolute Gasteiger partial charge is 0.479 e. The zero-order valence-electron chi connectivity index (χ0n) is 79.7. The molecule has 12 amide bonds. The quantitative estimate of drug-likeness (QED) is 0.00628. The molecule has 0 bridgehead atoms. The molecule has 6 heterocycles. The van der Waals surface area contributed by atoms with Crippen molar-refractivity contribution >= 4 is 171 Å². The van der Waals surface area contributed by atoms with Gasteiger partial charge in [-0.2, -0.15) is 0 Å². The van der Waals surface area contributed by atoms with E-state index in [0.717, 1.165) is 85.4 Å². The lowest BCUT2D eigenvalue weighted by atomic mass is 9.90. The van der Waals surface area contributed by atoms with E-state index in [9.17, 15) is 113 Å². The number of carboxylic acid groups (broad SMARTS) is 1. The molecule has 742 valence electrons. The molecule has 7 N–H and O–H groups in total. The van der Waals surface area contributed by atoms with Gasteiger partial charge >= 0.3 is 24.1 Å². The van der Waals surface area contributed by atoms with Crippen LogP contribution in [-0.4, -0.2) is 198 Å². The van der Waals surface area contributed by atoms with Crippen LogP contribution in [-0.2, 0) is 35.0 Å². The Hall–Kier alpha value is -15.6. The highest BCUT2D eigenvalue weighted by Gasteiger charge is 2.41. The van der Waals surface area contributed by atoms with Gasteiger partial charge in [-0.1, -0.05) is 178 Å². The molecule has 0 aliphatic carbocycles. The highest BCUT2D eigenvalue weighted by atomic mass is 32.2. The molecule has 12 aromatic carbocycles. The van der Waals surface area contributed by atoms with Crippen molar-refractivity contribution in [1.29, 1.82) is 0 Å². The molecular formula is C107H104N6O29S. The van der Waals surface area contributed by atoms with Crippen LogP contribution >= 0.6 is 11.8 Å². The molecule has 3 atom stereocenters. The highest BCUT2D eigenvalue weighted by molar-refractivity contribution is 8.00. The van der Waals surface area contributed by atoms with E-state index in [2.05, 4.69) is 20.8 Å². The van der Waals surface area contributed by atoms with Crippen LogP contribution in [0.25, 0.3) is 64.6 Å². The van der Waals surface area contributed by atoms with Crippen LogP contribution in [0.4, 0.5) is 4.79 Å². The molecule has 36 heteroatoms. The van der Waals surface area contributed by atoms with Gasteiger partial charge < -0.3 is 33.5 Å². The topological polar surface area (TPSA) is 490 Å². The van der Waals surface area contributed by atoms with E-state index < -0.39 is 107 Å². The Balaban J connectivity index is 0.000000145. The number of unbranched alkanes of at least 4 members (excludes halogenated alkanes) is 4. The number of ether oxygens (including phenoxy) is 6. The lowest BCUT2D eigenvalue weighted by Crippen LogP contribution is -2.38. The number of hydrogen-bond acceptors (Lipinski definition) is 29. The Morgan fingerprint density at radius 3 is 1.09 bits per heavy atom. The average Bonchev–Trinajstić information content (AvgIpc) is 0.759. The summed E-state index contributed by atoms with van der Waals surface area (Å²) in [5.41, 5.74) is 3.50. The van der Waals surface area contributed by atoms with E-state index in [1.807, 2.05) is 58.0 Å². The van der Waals surface area contributed by atoms with Crippen molar-refractivity contribution in [2.45, 2.75) is 175 Å². The minimum absolute atomic E-state index is 0.0535. The first-order valence-electron chi connectivity index (χ1n) is 46.5. The first-order chi connectivity index (χ1) is 68.3. The Morgan fingerprint density at radius 2 is 0.692 bits per heavy atom. The summed E-state index contributed by atoms with van der Waals surface area (Å²) >= 11 is 1.32. The maximum atomic E-state index is 12.6. The number of nitrogens with zero attached hydrogens (tertiary/aromatic N) is 6. The molecule has 0 fully saturated rings. The minimum Gasteiger partial charge on any atom is -0.479 e. The number of carboxylic acids is 1. The standard InChI is InChI=1S/C22H25NO6.C22H25NO5S.C18H17NO6.C17H15NO6.C16H15NO3.C12H7NO3/c1-5-6-10-17(21(26)29-22(2,3)4)28-14-11-13-8-7-9-15-18(13)16(12-14)20(25)23(27)19(15)24;1-3-5-7-14(4-2)12-28-19(24)13-29-18-11-10-17-20-15(18)8-6-9-16(20)21(25)23(27)22(17)26;1-2-3-7-14(18(22)23)25-11-8-10-5-4-6-12-15(10)13(9-11)17(21)19(24)16(12)20;1-9(2)8-23-17(21)24-11-6-10-4-3-5-12-14(10)13(7-11)16(20)18(22)15(12)19;1-2-3-5-10-8-9-13-14-11(10)6-4-7-12(14)15(18)17(20)16(13)19;14-11-8-5-1-3-7-4-2-6-9(10(7)8)12(15)13(11)16/h7-9,11-12,17,27H,5-6,10H2,1-4H3;6,8-11,14,27H,3-5,7,12-13H2,1-2H3;4-6,8-9,14,24H,2-3,7H2,1H3,(H,22,23);3-7,9,22H,8H2,1-2H3;4,6-9,20H,2-3,5H2,1H3;1-6,16H. The van der Waals surface area contributed by atoms with E-state index in [0.29, 0.717) is 114 Å². The number of aliphatic carboxylic acids is 1. The van der Waals surface area contributed by atoms with Crippen molar-refractivity contribution in [2.75, 3.05) is 19.0 Å². The van der Waals surface area contributed by atoms with Crippen LogP contribution in [0.5, 0.6) is 17.2 Å². The SMILES string of the molecule is CC(C)COC(=O)Oc1cc2c3c(cccc3c1)C(=O)N(O)C2=O.CCCCC(CC)COC(=O)CSc1ccc2c3c(cccc13)C(=O)N(O)C2=O.CCCCC(Oc1cc2c3c(cccc3c1)C(=O)N(O)C2=O)C(=O)O.CCCCC(Oc1cc2c3c(cccc3c1)C(=O)N(O)C2=O)C(=O)OC(C)(C)C.CCCCc1ccc2c3c(cccc13)C(=O)N(O)C2=O.O=C1c2cccc3cccc(c23)C(=O)N1O. The van der Waals surface area contributed by atoms with Gasteiger partial charge in [0.05, 0.1) is 85.7 Å². The van der Waals surface area contributed by atoms with E-state index in [1.54, 1.807) is 142 Å². The second kappa shape index (κ2) is 45.3. The molecule has 0 spiro atoms. The maximum absolute atomic E-state index is 12.6. The first-order valence-corrected chi connectivity index (χ1v) is 47.5. The van der Waals surface area contributed by atoms with Crippen LogP contribution in [0, 0.1) is 11.8 Å². The van der Waals surface area contributed by atoms with Crippen molar-refractivity contribution < 1.29 is 141 Å². The molecular weight excluding hydrogens is 1870 g/mol. The average molecular weight is 1970 g/mol. The normalized spacial score (nSPS) is 14.4. The van der Waals surface area contributed by atoms with Gasteiger partial charge in [-0.25, -0.2) is 14.4 Å². The number of thioether (sulfide) groups is 1. The number of rotatable bonds is 27. The first kappa shape index (κ1) is 105. The lowest BCUT2D eigenvalue weighted by molar-refractivity contribution is -0.163. The predicted octanol–water partition coefficient (Wildman–Crippen LogP) is 19.6. The van der Waals surface area contributed by atoms with Crippen LogP contribution in [0.3, 0.4) is 0 Å². The van der Waals surface area contributed by atoms with Crippen LogP contribution in [0.2, 0.25) is 0 Å². The van der Waals surface area contributed by atoms with Crippen molar-refractivity contribution in [2.24, 2.45) is 11.8 Å². The van der Waals surface area contributed by atoms with Crippen LogP contribution in [0.1, 0.15) is 276 Å². The van der Waals surface area contributed by atoms with Crippen molar-refractivity contribution in [3.05, 3.63) is 260 Å². The number of amides is 12. The maximum Gasteiger partial charge on any atom is 0.513 e. The zero-order valence-corrected chi connectivity index (χ0v) is 80.5. The second-order valence-electron chi connectivity index (χ2n) is 35.6. The molecule has 0 aromatic heterocycles. The largest absolute Gasteiger partial charge is 0.513 e. The van der Waals surface area contributed by atoms with Crippen molar-refractivity contribution in [3.8, 4) is 17.2 Å².